The van der Waals surface area contributed by atoms with Crippen molar-refractivity contribution >= 4 is 11.9 Å². The van der Waals surface area contributed by atoms with E-state index >= 15 is 0 Å². The molecule has 0 spiro atoms. The molecule has 4 nitrogen and oxygen atoms in total. The van der Waals surface area contributed by atoms with E-state index in [2.05, 4.69) is 0 Å². The zero-order valence-corrected chi connectivity index (χ0v) is 12.6. The highest BCUT2D eigenvalue weighted by Crippen LogP contribution is 2.58. The van der Waals surface area contributed by atoms with Gasteiger partial charge in [-0.05, 0) is 22.3 Å². The zero-order chi connectivity index (χ0) is 16.1. The molecular formula is C19H16O4. The normalized spacial score (nSPS) is 27.0. The maximum Gasteiger partial charge on any atom is 0.310 e. The first-order valence-electron chi connectivity index (χ1n) is 7.63. The number of carbonyl (C=O) groups excluding carboxylic acids is 1. The molecule has 2 aromatic rings. The minimum Gasteiger partial charge on any atom is -0.481 e. The summed E-state index contributed by atoms with van der Waals surface area (Å²) in [5.41, 5.74) is 4.13. The van der Waals surface area contributed by atoms with Gasteiger partial charge in [0.2, 0.25) is 0 Å². The molecule has 5 rings (SSSR count). The van der Waals surface area contributed by atoms with Crippen LogP contribution in [-0.4, -0.2) is 24.2 Å². The molecule has 2 bridgehead atoms. The Morgan fingerprint density at radius 2 is 1.22 bits per heavy atom. The van der Waals surface area contributed by atoms with Gasteiger partial charge < -0.3 is 9.84 Å². The summed E-state index contributed by atoms with van der Waals surface area (Å²) >= 11 is 0. The number of esters is 1. The number of benzene rings is 2. The molecule has 0 heterocycles. The fourth-order valence-electron chi connectivity index (χ4n) is 4.39. The Morgan fingerprint density at radius 3 is 1.57 bits per heavy atom. The smallest absolute Gasteiger partial charge is 0.310 e. The molecule has 0 saturated carbocycles. The van der Waals surface area contributed by atoms with Crippen LogP contribution in [0.5, 0.6) is 0 Å². The van der Waals surface area contributed by atoms with Crippen LogP contribution in [0.1, 0.15) is 34.1 Å². The lowest BCUT2D eigenvalue weighted by molar-refractivity contribution is -0.158. The first kappa shape index (κ1) is 14.0. The average molecular weight is 308 g/mol. The summed E-state index contributed by atoms with van der Waals surface area (Å²) in [5.74, 6) is -3.45. The number of hydrogen-bond donors (Lipinski definition) is 1. The Labute approximate surface area is 133 Å². The van der Waals surface area contributed by atoms with Crippen molar-refractivity contribution in [2.24, 2.45) is 11.8 Å². The summed E-state index contributed by atoms with van der Waals surface area (Å²) in [4.78, 5) is 24.4. The third kappa shape index (κ3) is 1.78. The van der Waals surface area contributed by atoms with Crippen molar-refractivity contribution in [3.8, 4) is 0 Å². The molecule has 2 aromatic carbocycles. The molecule has 0 saturated heterocycles. The number of methoxy groups -OCH3 is 1. The number of rotatable bonds is 2. The monoisotopic (exact) mass is 308 g/mol. The summed E-state index contributed by atoms with van der Waals surface area (Å²) in [5, 5.41) is 9.82. The van der Waals surface area contributed by atoms with Gasteiger partial charge in [-0.25, -0.2) is 0 Å². The average Bonchev–Trinajstić information content (AvgIpc) is 2.60. The Hall–Kier alpha value is -2.62. The largest absolute Gasteiger partial charge is 0.481 e. The van der Waals surface area contributed by atoms with Crippen LogP contribution in [0, 0.1) is 11.8 Å². The lowest BCUT2D eigenvalue weighted by Gasteiger charge is -2.47. The minimum absolute atomic E-state index is 0.263. The molecule has 0 aromatic heterocycles. The molecule has 2 atom stereocenters. The molecule has 3 aliphatic carbocycles. The zero-order valence-electron chi connectivity index (χ0n) is 12.6. The third-order valence-corrected chi connectivity index (χ3v) is 5.20. The Bertz CT molecular complexity index is 763. The van der Waals surface area contributed by atoms with Gasteiger partial charge in [0, 0.05) is 11.8 Å². The van der Waals surface area contributed by atoms with E-state index in [9.17, 15) is 14.7 Å². The summed E-state index contributed by atoms with van der Waals surface area (Å²) in [6, 6.07) is 15.7. The van der Waals surface area contributed by atoms with Crippen molar-refractivity contribution in [1.29, 1.82) is 0 Å². The van der Waals surface area contributed by atoms with Crippen LogP contribution in [-0.2, 0) is 14.3 Å². The van der Waals surface area contributed by atoms with E-state index in [1.807, 2.05) is 48.5 Å². The lowest BCUT2D eigenvalue weighted by atomic mass is 9.54. The topological polar surface area (TPSA) is 63.6 Å². The molecule has 0 unspecified atom stereocenters. The maximum absolute atomic E-state index is 12.4. The van der Waals surface area contributed by atoms with E-state index in [-0.39, 0.29) is 11.8 Å². The highest BCUT2D eigenvalue weighted by molar-refractivity contribution is 5.87. The van der Waals surface area contributed by atoms with Crippen molar-refractivity contribution in [2.45, 2.75) is 11.8 Å². The lowest BCUT2D eigenvalue weighted by Crippen LogP contribution is -2.47. The van der Waals surface area contributed by atoms with Gasteiger partial charge in [0.15, 0.2) is 0 Å². The van der Waals surface area contributed by atoms with E-state index in [1.54, 1.807) is 0 Å². The minimum atomic E-state index is -0.945. The van der Waals surface area contributed by atoms with E-state index in [0.29, 0.717) is 0 Å². The van der Waals surface area contributed by atoms with Gasteiger partial charge in [-0.3, -0.25) is 9.59 Å². The molecular weight excluding hydrogens is 292 g/mol. The van der Waals surface area contributed by atoms with Crippen LogP contribution in [0.4, 0.5) is 0 Å². The van der Waals surface area contributed by atoms with Crippen molar-refractivity contribution in [3.63, 3.8) is 0 Å². The van der Waals surface area contributed by atoms with Crippen LogP contribution in [0.25, 0.3) is 0 Å². The van der Waals surface area contributed by atoms with Gasteiger partial charge in [0.25, 0.3) is 0 Å². The molecule has 0 aliphatic heterocycles. The van der Waals surface area contributed by atoms with Crippen LogP contribution in [0.3, 0.4) is 0 Å². The van der Waals surface area contributed by atoms with Crippen LogP contribution in [0.2, 0.25) is 0 Å². The van der Waals surface area contributed by atoms with Gasteiger partial charge in [0.05, 0.1) is 18.9 Å². The van der Waals surface area contributed by atoms with Gasteiger partial charge in [0.1, 0.15) is 0 Å². The second-order valence-electron chi connectivity index (χ2n) is 6.13. The fraction of sp³-hybridized carbons (Fsp3) is 0.263. The molecule has 0 amide bonds. The fourth-order valence-corrected chi connectivity index (χ4v) is 4.39. The van der Waals surface area contributed by atoms with Gasteiger partial charge in [-0.2, -0.15) is 0 Å². The van der Waals surface area contributed by atoms with Crippen LogP contribution < -0.4 is 0 Å². The van der Waals surface area contributed by atoms with Crippen molar-refractivity contribution in [2.75, 3.05) is 7.11 Å². The predicted molar refractivity (Wildman–Crippen MR) is 83.2 cm³/mol. The summed E-state index contributed by atoms with van der Waals surface area (Å²) in [6.07, 6.45) is 0. The number of carboxylic acids is 1. The van der Waals surface area contributed by atoms with Crippen molar-refractivity contribution < 1.29 is 19.4 Å². The number of hydrogen-bond acceptors (Lipinski definition) is 3. The number of ether oxygens (including phenoxy) is 1. The van der Waals surface area contributed by atoms with Crippen molar-refractivity contribution in [1.82, 2.24) is 0 Å². The number of fused-ring (bicyclic) bond motifs is 1. The standard InChI is InChI=1S/C19H16O4/c1-23-19(22)17-15-12-8-4-2-6-10(12)14(16(17)18(20)21)11-7-3-5-9-13(11)15/h2-9,14-17H,1H3,(H,20,21)/t14-,15-,16-,17-/m0/s1. The third-order valence-electron chi connectivity index (χ3n) is 5.20. The quantitative estimate of drug-likeness (QED) is 0.867. The second kappa shape index (κ2) is 4.95. The second-order valence-corrected chi connectivity index (χ2v) is 6.13. The number of carboxylic acid groups (broad SMARTS) is 1. The van der Waals surface area contributed by atoms with E-state index in [0.717, 1.165) is 22.3 Å². The molecule has 1 N–H and O–H groups in total. The summed E-state index contributed by atoms with van der Waals surface area (Å²) in [6.45, 7) is 0. The Kier molecular flexibility index (Phi) is 3.01. The van der Waals surface area contributed by atoms with E-state index in [1.165, 1.54) is 7.11 Å². The van der Waals surface area contributed by atoms with Gasteiger partial charge in [-0.1, -0.05) is 48.5 Å². The molecule has 3 aliphatic rings. The Morgan fingerprint density at radius 1 is 0.826 bits per heavy atom. The highest BCUT2D eigenvalue weighted by atomic mass is 16.5. The number of carbonyl (C=O) groups is 2. The molecule has 4 heteroatoms. The summed E-state index contributed by atoms with van der Waals surface area (Å²) in [7, 11) is 1.32. The highest BCUT2D eigenvalue weighted by Gasteiger charge is 2.55. The first-order valence-corrected chi connectivity index (χ1v) is 7.63. The van der Waals surface area contributed by atoms with Crippen LogP contribution in [0.15, 0.2) is 48.5 Å². The van der Waals surface area contributed by atoms with Crippen LogP contribution >= 0.6 is 0 Å². The van der Waals surface area contributed by atoms with Gasteiger partial charge in [-0.15, -0.1) is 0 Å². The van der Waals surface area contributed by atoms with E-state index < -0.39 is 23.8 Å². The first-order chi connectivity index (χ1) is 11.1. The molecule has 0 radical (unpaired) electrons. The molecule has 116 valence electrons. The molecule has 23 heavy (non-hydrogen) atoms. The van der Waals surface area contributed by atoms with E-state index in [4.69, 9.17) is 4.74 Å². The SMILES string of the molecule is COC(=O)[C@H]1[C@H]2c3ccccc3[C@@H](c3ccccc32)[C@@H]1C(=O)O. The number of aliphatic carboxylic acids is 1. The molecule has 0 fully saturated rings. The maximum atomic E-state index is 12.4. The summed E-state index contributed by atoms with van der Waals surface area (Å²) < 4.78 is 4.95. The van der Waals surface area contributed by atoms with Gasteiger partial charge >= 0.3 is 11.9 Å². The van der Waals surface area contributed by atoms with Crippen molar-refractivity contribution in [3.05, 3.63) is 70.8 Å². The predicted octanol–water partition coefficient (Wildman–Crippen LogP) is 2.77. The Balaban J connectivity index is 2.03.